The van der Waals surface area contributed by atoms with Crippen molar-refractivity contribution in [2.75, 3.05) is 0 Å². The molecule has 2 nitrogen and oxygen atoms in total. The van der Waals surface area contributed by atoms with E-state index in [1.165, 1.54) is 19.3 Å². The van der Waals surface area contributed by atoms with Crippen molar-refractivity contribution < 1.29 is 9.90 Å². The third kappa shape index (κ3) is 5.96. The molecule has 1 aliphatic carbocycles. The van der Waals surface area contributed by atoms with Crippen LogP contribution in [0.4, 0.5) is 0 Å². The van der Waals surface area contributed by atoms with Crippen LogP contribution in [0, 0.1) is 5.41 Å². The maximum absolute atomic E-state index is 10.0. The predicted molar refractivity (Wildman–Crippen MR) is 50.1 cm³/mol. The fraction of sp³-hybridized carbons (Fsp3) is 0.700. The Morgan fingerprint density at radius 2 is 1.58 bits per heavy atom. The van der Waals surface area contributed by atoms with E-state index in [9.17, 15) is 4.79 Å². The number of allylic oxidation sites excluding steroid dienone is 2. The Hall–Kier alpha value is -0.790. The van der Waals surface area contributed by atoms with Gasteiger partial charge in [0.15, 0.2) is 0 Å². The molecule has 0 unspecified atom stereocenters. The second-order valence-corrected chi connectivity index (χ2v) is 3.96. The smallest absolute Gasteiger partial charge is 0.308 e. The van der Waals surface area contributed by atoms with Crippen molar-refractivity contribution in [1.29, 1.82) is 0 Å². The number of carboxylic acid groups (broad SMARTS) is 1. The molecule has 0 fully saturated rings. The molecule has 0 saturated carbocycles. The Bertz CT molecular complexity index is 157. The van der Waals surface area contributed by atoms with E-state index in [-0.39, 0.29) is 0 Å². The standard InChI is InChI=1S/C5H10O2.C5H8/c1-5(2,3)4(6)7;1-2-4-5-3-1/h1-3H3,(H,6,7);1-2H,3-5H2. The highest BCUT2D eigenvalue weighted by molar-refractivity contribution is 5.72. The minimum Gasteiger partial charge on any atom is -0.481 e. The van der Waals surface area contributed by atoms with Crippen LogP contribution < -0.4 is 0 Å². The molecule has 0 aromatic heterocycles. The van der Waals surface area contributed by atoms with Crippen LogP contribution in [0.5, 0.6) is 0 Å². The van der Waals surface area contributed by atoms with Crippen LogP contribution in [-0.4, -0.2) is 11.1 Å². The molecule has 1 aliphatic rings. The molecule has 0 aliphatic heterocycles. The highest BCUT2D eigenvalue weighted by Crippen LogP contribution is 2.11. The molecule has 2 heteroatoms. The summed E-state index contributed by atoms with van der Waals surface area (Å²) in [6.07, 6.45) is 8.50. The normalized spacial score (nSPS) is 15.2. The lowest BCUT2D eigenvalue weighted by Crippen LogP contribution is -2.18. The van der Waals surface area contributed by atoms with E-state index in [4.69, 9.17) is 5.11 Å². The number of hydrogen-bond acceptors (Lipinski definition) is 1. The van der Waals surface area contributed by atoms with E-state index in [0.29, 0.717) is 0 Å². The van der Waals surface area contributed by atoms with Crippen molar-refractivity contribution in [1.82, 2.24) is 0 Å². The van der Waals surface area contributed by atoms with E-state index < -0.39 is 11.4 Å². The summed E-state index contributed by atoms with van der Waals surface area (Å²) in [7, 11) is 0. The molecule has 0 amide bonds. The van der Waals surface area contributed by atoms with E-state index in [1.807, 2.05) is 0 Å². The number of rotatable bonds is 0. The Labute approximate surface area is 74.3 Å². The van der Waals surface area contributed by atoms with Crippen LogP contribution in [0.1, 0.15) is 40.0 Å². The number of carboxylic acids is 1. The van der Waals surface area contributed by atoms with Crippen molar-refractivity contribution in [2.45, 2.75) is 40.0 Å². The van der Waals surface area contributed by atoms with Crippen LogP contribution in [0.15, 0.2) is 12.2 Å². The van der Waals surface area contributed by atoms with Gasteiger partial charge in [-0.3, -0.25) is 4.79 Å². The second-order valence-electron chi connectivity index (χ2n) is 3.96. The van der Waals surface area contributed by atoms with Gasteiger partial charge in [0.2, 0.25) is 0 Å². The highest BCUT2D eigenvalue weighted by atomic mass is 16.4. The zero-order valence-corrected chi connectivity index (χ0v) is 8.13. The van der Waals surface area contributed by atoms with Crippen LogP contribution in [0.25, 0.3) is 0 Å². The summed E-state index contributed by atoms with van der Waals surface area (Å²) in [4.78, 5) is 10.0. The Morgan fingerprint density at radius 1 is 1.25 bits per heavy atom. The van der Waals surface area contributed by atoms with Gasteiger partial charge in [-0.15, -0.1) is 0 Å². The summed E-state index contributed by atoms with van der Waals surface area (Å²) in [5, 5.41) is 8.25. The predicted octanol–water partition coefficient (Wildman–Crippen LogP) is 2.84. The van der Waals surface area contributed by atoms with Gasteiger partial charge in [0.05, 0.1) is 5.41 Å². The maximum atomic E-state index is 10.0. The van der Waals surface area contributed by atoms with Gasteiger partial charge < -0.3 is 5.11 Å². The summed E-state index contributed by atoms with van der Waals surface area (Å²) in [5.74, 6) is -0.757. The summed E-state index contributed by atoms with van der Waals surface area (Å²) in [6, 6.07) is 0. The van der Waals surface area contributed by atoms with E-state index in [1.54, 1.807) is 20.8 Å². The molecule has 0 saturated heterocycles. The molecule has 0 spiro atoms. The van der Waals surface area contributed by atoms with Gasteiger partial charge in [-0.05, 0) is 40.0 Å². The SMILES string of the molecule is C1=CCCC1.CC(C)(C)C(=O)O. The first kappa shape index (κ1) is 11.2. The number of carbonyl (C=O) groups is 1. The highest BCUT2D eigenvalue weighted by Gasteiger charge is 2.18. The molecule has 0 heterocycles. The Morgan fingerprint density at radius 3 is 1.67 bits per heavy atom. The average molecular weight is 170 g/mol. The lowest BCUT2D eigenvalue weighted by atomic mass is 9.98. The first-order chi connectivity index (χ1) is 5.44. The van der Waals surface area contributed by atoms with E-state index in [2.05, 4.69) is 12.2 Å². The monoisotopic (exact) mass is 170 g/mol. The van der Waals surface area contributed by atoms with Gasteiger partial charge in [0, 0.05) is 0 Å². The van der Waals surface area contributed by atoms with E-state index in [0.717, 1.165) is 0 Å². The van der Waals surface area contributed by atoms with Gasteiger partial charge in [-0.25, -0.2) is 0 Å². The fourth-order valence-electron chi connectivity index (χ4n) is 0.589. The first-order valence-corrected chi connectivity index (χ1v) is 4.33. The second kappa shape index (κ2) is 4.96. The van der Waals surface area contributed by atoms with Crippen molar-refractivity contribution in [3.63, 3.8) is 0 Å². The van der Waals surface area contributed by atoms with Crippen LogP contribution >= 0.6 is 0 Å². The first-order valence-electron chi connectivity index (χ1n) is 4.33. The molecule has 12 heavy (non-hydrogen) atoms. The molecule has 0 radical (unpaired) electrons. The zero-order valence-electron chi connectivity index (χ0n) is 8.13. The van der Waals surface area contributed by atoms with Gasteiger partial charge in [-0.1, -0.05) is 12.2 Å². The maximum Gasteiger partial charge on any atom is 0.308 e. The Kier molecular flexibility index (Phi) is 4.64. The molecular formula is C10H18O2. The van der Waals surface area contributed by atoms with Crippen molar-refractivity contribution in [3.05, 3.63) is 12.2 Å². The average Bonchev–Trinajstić information content (AvgIpc) is 2.39. The van der Waals surface area contributed by atoms with Crippen molar-refractivity contribution >= 4 is 5.97 Å². The summed E-state index contributed by atoms with van der Waals surface area (Å²) < 4.78 is 0. The molecular weight excluding hydrogens is 152 g/mol. The summed E-state index contributed by atoms with van der Waals surface area (Å²) in [5.41, 5.74) is -0.583. The third-order valence-corrected chi connectivity index (χ3v) is 1.55. The lowest BCUT2D eigenvalue weighted by molar-refractivity contribution is -0.145. The molecule has 1 rings (SSSR count). The van der Waals surface area contributed by atoms with Gasteiger partial charge in [0.25, 0.3) is 0 Å². The quantitative estimate of drug-likeness (QED) is 0.567. The molecule has 0 bridgehead atoms. The van der Waals surface area contributed by atoms with Gasteiger partial charge in [0.1, 0.15) is 0 Å². The minimum absolute atomic E-state index is 0.583. The molecule has 0 aromatic rings. The molecule has 1 N–H and O–H groups in total. The number of aliphatic carboxylic acids is 1. The zero-order chi connectivity index (χ0) is 9.61. The van der Waals surface area contributed by atoms with Crippen molar-refractivity contribution in [3.8, 4) is 0 Å². The molecule has 70 valence electrons. The third-order valence-electron chi connectivity index (χ3n) is 1.55. The van der Waals surface area contributed by atoms with Crippen LogP contribution in [-0.2, 0) is 4.79 Å². The van der Waals surface area contributed by atoms with Crippen molar-refractivity contribution in [2.24, 2.45) is 5.41 Å². The summed E-state index contributed by atoms with van der Waals surface area (Å²) in [6.45, 7) is 4.99. The Balaban J connectivity index is 0.000000211. The van der Waals surface area contributed by atoms with Gasteiger partial charge in [-0.2, -0.15) is 0 Å². The van der Waals surface area contributed by atoms with Crippen LogP contribution in [0.2, 0.25) is 0 Å². The topological polar surface area (TPSA) is 37.3 Å². The van der Waals surface area contributed by atoms with E-state index >= 15 is 0 Å². The minimum atomic E-state index is -0.757. The largest absolute Gasteiger partial charge is 0.481 e. The van der Waals surface area contributed by atoms with Gasteiger partial charge >= 0.3 is 5.97 Å². The fourth-order valence-corrected chi connectivity index (χ4v) is 0.589. The molecule has 0 atom stereocenters. The summed E-state index contributed by atoms with van der Waals surface area (Å²) >= 11 is 0. The lowest BCUT2D eigenvalue weighted by Gasteiger charge is -2.08. The number of hydrogen-bond donors (Lipinski definition) is 1. The molecule has 0 aromatic carbocycles. The van der Waals surface area contributed by atoms with Crippen LogP contribution in [0.3, 0.4) is 0 Å².